The number of nitrogens with one attached hydrogen (secondary N) is 1. The normalized spacial score (nSPS) is 13.8. The van der Waals surface area contributed by atoms with Crippen molar-refractivity contribution in [3.05, 3.63) is 53.2 Å². The minimum atomic E-state index is -2.63. The molecule has 0 bridgehead atoms. The molecule has 0 spiro atoms. The van der Waals surface area contributed by atoms with Crippen molar-refractivity contribution in [2.45, 2.75) is 38.8 Å². The molecular formula is C20H18F2N6S. The van der Waals surface area contributed by atoms with Crippen molar-refractivity contribution in [1.82, 2.24) is 24.5 Å². The van der Waals surface area contributed by atoms with Gasteiger partial charge in [0.1, 0.15) is 16.5 Å². The second kappa shape index (κ2) is 7.47. The summed E-state index contributed by atoms with van der Waals surface area (Å²) >= 11 is 1.70. The second-order valence-corrected chi connectivity index (χ2v) is 7.99. The van der Waals surface area contributed by atoms with Crippen LogP contribution in [0.4, 0.5) is 14.6 Å². The molecule has 148 valence electrons. The summed E-state index contributed by atoms with van der Waals surface area (Å²) in [5.41, 5.74) is 2.10. The molecule has 4 heterocycles. The van der Waals surface area contributed by atoms with E-state index in [4.69, 9.17) is 9.97 Å². The number of aryl methyl sites for hydroxylation is 2. The number of nitrogens with zero attached hydrogens (tertiary/aromatic N) is 5. The fourth-order valence-corrected chi connectivity index (χ4v) is 4.99. The fourth-order valence-electron chi connectivity index (χ4n) is 3.73. The zero-order valence-electron chi connectivity index (χ0n) is 15.5. The molecular weight excluding hydrogens is 394 g/mol. The van der Waals surface area contributed by atoms with Gasteiger partial charge in [-0.05, 0) is 43.4 Å². The van der Waals surface area contributed by atoms with E-state index in [1.165, 1.54) is 29.3 Å². The molecule has 1 aliphatic rings. The summed E-state index contributed by atoms with van der Waals surface area (Å²) in [5, 5.41) is 4.26. The van der Waals surface area contributed by atoms with Gasteiger partial charge in [0.15, 0.2) is 5.82 Å². The highest BCUT2D eigenvalue weighted by Gasteiger charge is 2.22. The van der Waals surface area contributed by atoms with Crippen LogP contribution in [0.5, 0.6) is 0 Å². The Morgan fingerprint density at radius 1 is 1.17 bits per heavy atom. The van der Waals surface area contributed by atoms with Gasteiger partial charge in [-0.15, -0.1) is 11.3 Å². The topological polar surface area (TPSA) is 68.5 Å². The van der Waals surface area contributed by atoms with Gasteiger partial charge in [-0.2, -0.15) is 8.78 Å². The number of halogens is 2. The molecule has 6 nitrogen and oxygen atoms in total. The quantitative estimate of drug-likeness (QED) is 0.508. The summed E-state index contributed by atoms with van der Waals surface area (Å²) in [5.74, 6) is 1.50. The van der Waals surface area contributed by atoms with Crippen LogP contribution in [0.2, 0.25) is 0 Å². The Kier molecular flexibility index (Phi) is 4.67. The Hall–Kier alpha value is -2.94. The van der Waals surface area contributed by atoms with Crippen LogP contribution in [-0.4, -0.2) is 24.5 Å². The lowest BCUT2D eigenvalue weighted by Gasteiger charge is -2.14. The molecule has 0 fully saturated rings. The van der Waals surface area contributed by atoms with Gasteiger partial charge in [0.05, 0.1) is 11.9 Å². The summed E-state index contributed by atoms with van der Waals surface area (Å²) in [7, 11) is 0. The maximum absolute atomic E-state index is 13.2. The van der Waals surface area contributed by atoms with Crippen molar-refractivity contribution < 1.29 is 8.78 Å². The van der Waals surface area contributed by atoms with E-state index in [1.54, 1.807) is 23.7 Å². The van der Waals surface area contributed by atoms with E-state index in [1.807, 2.05) is 12.1 Å². The molecule has 0 atom stereocenters. The standard InChI is InChI=1S/C20H18F2N6S/c21-20(22)28-9-8-24-15(28)11-25-18-16-13-5-1-2-6-14(13)29-19(16)27-17(26-18)12-4-3-7-23-10-12/h3-4,7-10,20H,1-2,5-6,11H2,(H,25,26,27). The highest BCUT2D eigenvalue weighted by atomic mass is 32.1. The smallest absolute Gasteiger partial charge is 0.319 e. The van der Waals surface area contributed by atoms with Crippen molar-refractivity contribution >= 4 is 27.4 Å². The number of fused-ring (bicyclic) bond motifs is 3. The zero-order valence-corrected chi connectivity index (χ0v) is 16.3. The van der Waals surface area contributed by atoms with E-state index in [0.717, 1.165) is 39.6 Å². The number of rotatable bonds is 5. The molecule has 0 radical (unpaired) electrons. The lowest BCUT2D eigenvalue weighted by atomic mass is 9.97. The number of thiophene rings is 1. The molecule has 0 aliphatic heterocycles. The highest BCUT2D eigenvalue weighted by Crippen LogP contribution is 2.39. The van der Waals surface area contributed by atoms with Crippen LogP contribution >= 0.6 is 11.3 Å². The predicted molar refractivity (Wildman–Crippen MR) is 108 cm³/mol. The SMILES string of the molecule is FC(F)n1ccnc1CNc1nc(-c2cccnc2)nc2sc3c(c12)CCCC3. The summed E-state index contributed by atoms with van der Waals surface area (Å²) in [6.07, 6.45) is 10.4. The van der Waals surface area contributed by atoms with Gasteiger partial charge in [0.2, 0.25) is 0 Å². The Morgan fingerprint density at radius 2 is 2.07 bits per heavy atom. The van der Waals surface area contributed by atoms with Gasteiger partial charge in [0, 0.05) is 35.2 Å². The van der Waals surface area contributed by atoms with Gasteiger partial charge < -0.3 is 5.32 Å². The Balaban J connectivity index is 1.59. The zero-order chi connectivity index (χ0) is 19.8. The third-order valence-corrected chi connectivity index (χ3v) is 6.29. The van der Waals surface area contributed by atoms with Crippen LogP contribution in [0, 0.1) is 0 Å². The molecule has 1 N–H and O–H groups in total. The van der Waals surface area contributed by atoms with Crippen LogP contribution in [0.15, 0.2) is 36.9 Å². The molecule has 9 heteroatoms. The summed E-state index contributed by atoms with van der Waals surface area (Å²) in [6, 6.07) is 3.75. The largest absolute Gasteiger partial charge is 0.362 e. The first-order valence-corrected chi connectivity index (χ1v) is 10.3. The fraction of sp³-hybridized carbons (Fsp3) is 0.300. The maximum Gasteiger partial charge on any atom is 0.319 e. The average Bonchev–Trinajstić information content (AvgIpc) is 3.37. The minimum absolute atomic E-state index is 0.153. The first kappa shape index (κ1) is 18.1. The monoisotopic (exact) mass is 412 g/mol. The van der Waals surface area contributed by atoms with E-state index in [2.05, 4.69) is 15.3 Å². The average molecular weight is 412 g/mol. The molecule has 0 saturated heterocycles. The van der Waals surface area contributed by atoms with Crippen molar-refractivity contribution in [3.8, 4) is 11.4 Å². The number of imidazole rings is 1. The first-order valence-electron chi connectivity index (χ1n) is 9.47. The minimum Gasteiger partial charge on any atom is -0.362 e. The third-order valence-electron chi connectivity index (χ3n) is 5.11. The summed E-state index contributed by atoms with van der Waals surface area (Å²) < 4.78 is 27.2. The second-order valence-electron chi connectivity index (χ2n) is 6.91. The molecule has 0 amide bonds. The number of pyridine rings is 1. The molecule has 4 aromatic rings. The van der Waals surface area contributed by atoms with Crippen molar-refractivity contribution in [3.63, 3.8) is 0 Å². The summed E-state index contributed by atoms with van der Waals surface area (Å²) in [6.45, 7) is -2.47. The van der Waals surface area contributed by atoms with Gasteiger partial charge in [-0.25, -0.2) is 15.0 Å². The van der Waals surface area contributed by atoms with Crippen LogP contribution in [0.1, 0.15) is 35.7 Å². The van der Waals surface area contributed by atoms with E-state index < -0.39 is 6.55 Å². The van der Waals surface area contributed by atoms with E-state index in [9.17, 15) is 8.78 Å². The number of hydrogen-bond acceptors (Lipinski definition) is 6. The lowest BCUT2D eigenvalue weighted by molar-refractivity contribution is 0.0673. The molecule has 0 unspecified atom stereocenters. The van der Waals surface area contributed by atoms with E-state index in [0.29, 0.717) is 11.6 Å². The Bertz CT molecular complexity index is 1150. The number of alkyl halides is 2. The molecule has 5 rings (SSSR count). The number of aromatic nitrogens is 5. The molecule has 1 aliphatic carbocycles. The van der Waals surface area contributed by atoms with Gasteiger partial charge in [-0.3, -0.25) is 9.55 Å². The van der Waals surface area contributed by atoms with Crippen LogP contribution in [0.3, 0.4) is 0 Å². The van der Waals surface area contributed by atoms with Crippen LogP contribution in [-0.2, 0) is 19.4 Å². The van der Waals surface area contributed by atoms with Crippen LogP contribution < -0.4 is 5.32 Å². The Labute approximate surface area is 169 Å². The van der Waals surface area contributed by atoms with Crippen LogP contribution in [0.25, 0.3) is 21.6 Å². The van der Waals surface area contributed by atoms with E-state index >= 15 is 0 Å². The van der Waals surface area contributed by atoms with Gasteiger partial charge >= 0.3 is 6.55 Å². The highest BCUT2D eigenvalue weighted by molar-refractivity contribution is 7.19. The molecule has 4 aromatic heterocycles. The number of hydrogen-bond donors (Lipinski definition) is 1. The first-order chi connectivity index (χ1) is 14.2. The van der Waals surface area contributed by atoms with Crippen molar-refractivity contribution in [2.24, 2.45) is 0 Å². The van der Waals surface area contributed by atoms with Crippen molar-refractivity contribution in [1.29, 1.82) is 0 Å². The van der Waals surface area contributed by atoms with Gasteiger partial charge in [-0.1, -0.05) is 0 Å². The van der Waals surface area contributed by atoms with Gasteiger partial charge in [0.25, 0.3) is 0 Å². The lowest BCUT2D eigenvalue weighted by Crippen LogP contribution is -2.11. The van der Waals surface area contributed by atoms with Crippen molar-refractivity contribution in [2.75, 3.05) is 5.32 Å². The summed E-state index contributed by atoms with van der Waals surface area (Å²) in [4.78, 5) is 20.0. The third kappa shape index (κ3) is 3.35. The molecule has 29 heavy (non-hydrogen) atoms. The van der Waals surface area contributed by atoms with E-state index in [-0.39, 0.29) is 12.4 Å². The maximum atomic E-state index is 13.2. The number of anilines is 1. The molecule has 0 saturated carbocycles. The predicted octanol–water partition coefficient (Wildman–Crippen LogP) is 4.84. The Morgan fingerprint density at radius 3 is 2.90 bits per heavy atom. The molecule has 0 aromatic carbocycles.